The largest absolute Gasteiger partial charge is 0.441 e. The van der Waals surface area contributed by atoms with Gasteiger partial charge in [-0.2, -0.15) is 0 Å². The van der Waals surface area contributed by atoms with E-state index in [0.29, 0.717) is 11.0 Å². The molecule has 8 heteroatoms. The lowest BCUT2D eigenvalue weighted by Crippen LogP contribution is -2.23. The Kier molecular flexibility index (Phi) is 3.99. The van der Waals surface area contributed by atoms with Crippen LogP contribution in [0.4, 0.5) is 0 Å². The van der Waals surface area contributed by atoms with Crippen molar-refractivity contribution in [1.29, 1.82) is 0 Å². The lowest BCUT2D eigenvalue weighted by molar-refractivity contribution is 0.0463. The lowest BCUT2D eigenvalue weighted by Gasteiger charge is -2.06. The van der Waals surface area contributed by atoms with Crippen LogP contribution in [0.5, 0.6) is 0 Å². The third kappa shape index (κ3) is 3.00. The number of alkyl halides is 1. The molecule has 0 spiro atoms. The van der Waals surface area contributed by atoms with Crippen LogP contribution in [-0.4, -0.2) is 21.5 Å². The van der Waals surface area contributed by atoms with Crippen LogP contribution >= 0.6 is 34.8 Å². The molecular formula is C11H7Cl3N2O3. The van der Waals surface area contributed by atoms with Crippen molar-refractivity contribution in [3.8, 4) is 0 Å². The van der Waals surface area contributed by atoms with Crippen LogP contribution in [0.2, 0.25) is 10.0 Å². The number of rotatable bonds is 2. The number of nitrogens with zero attached hydrogens (tertiary/aromatic N) is 1. The maximum Gasteiger partial charge on any atom is 0.364 e. The van der Waals surface area contributed by atoms with Gasteiger partial charge in [0.15, 0.2) is 5.56 Å². The second kappa shape index (κ2) is 5.36. The van der Waals surface area contributed by atoms with E-state index < -0.39 is 22.8 Å². The van der Waals surface area contributed by atoms with Crippen LogP contribution in [0, 0.1) is 0 Å². The highest BCUT2D eigenvalue weighted by molar-refractivity contribution is 6.42. The number of aromatic nitrogens is 2. The van der Waals surface area contributed by atoms with Gasteiger partial charge in [0, 0.05) is 0 Å². The third-order valence-corrected chi connectivity index (χ3v) is 3.01. The van der Waals surface area contributed by atoms with E-state index in [2.05, 4.69) is 9.97 Å². The van der Waals surface area contributed by atoms with Crippen LogP contribution < -0.4 is 5.56 Å². The Hall–Kier alpha value is -1.30. The number of aromatic amines is 1. The number of esters is 1. The third-order valence-electron chi connectivity index (χ3n) is 2.20. The van der Waals surface area contributed by atoms with Crippen LogP contribution in [0.1, 0.15) is 17.4 Å². The highest BCUT2D eigenvalue weighted by atomic mass is 35.5. The molecule has 0 unspecified atom stereocenters. The number of hydrogen-bond acceptors (Lipinski definition) is 4. The van der Waals surface area contributed by atoms with Gasteiger partial charge in [-0.15, -0.1) is 0 Å². The first-order chi connectivity index (χ1) is 8.88. The fourth-order valence-corrected chi connectivity index (χ4v) is 1.83. The molecule has 0 aliphatic rings. The molecule has 1 aromatic carbocycles. The van der Waals surface area contributed by atoms with E-state index in [1.165, 1.54) is 19.1 Å². The Bertz CT molecular complexity index is 712. The second-order valence-corrected chi connectivity index (χ2v) is 5.08. The van der Waals surface area contributed by atoms with Gasteiger partial charge < -0.3 is 9.72 Å². The summed E-state index contributed by atoms with van der Waals surface area (Å²) in [6.45, 7) is 1.45. The molecule has 0 saturated carbocycles. The van der Waals surface area contributed by atoms with Crippen LogP contribution in [0.25, 0.3) is 11.0 Å². The van der Waals surface area contributed by atoms with Gasteiger partial charge in [0.05, 0.1) is 21.1 Å². The Labute approximate surface area is 122 Å². The summed E-state index contributed by atoms with van der Waals surface area (Å²) < 4.78 is 4.70. The average molecular weight is 322 g/mol. The van der Waals surface area contributed by atoms with Gasteiger partial charge in [-0.3, -0.25) is 4.79 Å². The number of carbonyl (C=O) groups excluding carboxylic acids is 1. The normalized spacial score (nSPS) is 12.4. The zero-order valence-electron chi connectivity index (χ0n) is 9.54. The summed E-state index contributed by atoms with van der Waals surface area (Å²) >= 11 is 17.2. The predicted molar refractivity (Wildman–Crippen MR) is 73.1 cm³/mol. The maximum atomic E-state index is 11.7. The van der Waals surface area contributed by atoms with Crippen molar-refractivity contribution in [2.24, 2.45) is 0 Å². The number of halogens is 3. The highest BCUT2D eigenvalue weighted by Crippen LogP contribution is 2.25. The Morgan fingerprint density at radius 1 is 1.37 bits per heavy atom. The first-order valence-electron chi connectivity index (χ1n) is 5.12. The summed E-state index contributed by atoms with van der Waals surface area (Å²) in [5.74, 6) is -0.906. The second-order valence-electron chi connectivity index (χ2n) is 3.65. The molecule has 5 nitrogen and oxygen atoms in total. The van der Waals surface area contributed by atoms with E-state index in [1.807, 2.05) is 0 Å². The fraction of sp³-hybridized carbons (Fsp3) is 0.182. The molecule has 1 N–H and O–H groups in total. The number of H-pyrrole nitrogens is 1. The minimum atomic E-state index is -0.906. The van der Waals surface area contributed by atoms with Crippen molar-refractivity contribution in [3.05, 3.63) is 38.2 Å². The van der Waals surface area contributed by atoms with Gasteiger partial charge in [0.1, 0.15) is 0 Å². The summed E-state index contributed by atoms with van der Waals surface area (Å²) in [4.78, 5) is 29.7. The first kappa shape index (κ1) is 14.1. The number of hydrogen-bond donors (Lipinski definition) is 1. The van der Waals surface area contributed by atoms with Crippen molar-refractivity contribution in [2.45, 2.75) is 12.5 Å². The summed E-state index contributed by atoms with van der Waals surface area (Å²) in [6, 6.07) is 2.89. The minimum Gasteiger partial charge on any atom is -0.441 e. The van der Waals surface area contributed by atoms with E-state index in [9.17, 15) is 9.59 Å². The molecule has 19 heavy (non-hydrogen) atoms. The Morgan fingerprint density at radius 2 is 2.00 bits per heavy atom. The van der Waals surface area contributed by atoms with Gasteiger partial charge >= 0.3 is 5.97 Å². The quantitative estimate of drug-likeness (QED) is 0.682. The molecule has 2 rings (SSSR count). The molecule has 0 fully saturated rings. The molecule has 0 bridgehead atoms. The van der Waals surface area contributed by atoms with Crippen molar-refractivity contribution in [2.75, 3.05) is 0 Å². The number of fused-ring (bicyclic) bond motifs is 1. The molecule has 1 heterocycles. The van der Waals surface area contributed by atoms with E-state index >= 15 is 0 Å². The molecule has 100 valence electrons. The highest BCUT2D eigenvalue weighted by Gasteiger charge is 2.17. The molecule has 0 amide bonds. The molecule has 0 saturated heterocycles. The average Bonchev–Trinajstić information content (AvgIpc) is 2.29. The molecule has 1 atom stereocenters. The van der Waals surface area contributed by atoms with Gasteiger partial charge in [0.2, 0.25) is 5.69 Å². The molecule has 2 aromatic rings. The number of ether oxygens (including phenoxy) is 1. The number of benzene rings is 1. The van der Waals surface area contributed by atoms with Crippen LogP contribution in [0.15, 0.2) is 16.9 Å². The van der Waals surface area contributed by atoms with Crippen LogP contribution in [-0.2, 0) is 4.74 Å². The topological polar surface area (TPSA) is 72.0 Å². The van der Waals surface area contributed by atoms with Gasteiger partial charge in [-0.05, 0) is 19.1 Å². The standard InChI is InChI=1S/C11H7Cl3N2O3/c1-4(12)19-11(18)9-10(17)16-8-3-6(14)5(13)2-7(8)15-9/h2-4H,1H3,(H,16,17)/t4-/m1/s1. The zero-order chi connectivity index (χ0) is 14.2. The zero-order valence-corrected chi connectivity index (χ0v) is 11.8. The SMILES string of the molecule is C[C@H](Cl)OC(=O)c1nc2cc(Cl)c(Cl)cc2[nH]c1=O. The Morgan fingerprint density at radius 3 is 2.63 bits per heavy atom. The molecular weight excluding hydrogens is 314 g/mol. The fourth-order valence-electron chi connectivity index (χ4n) is 1.42. The van der Waals surface area contributed by atoms with E-state index in [1.54, 1.807) is 0 Å². The predicted octanol–water partition coefficient (Wildman–Crippen LogP) is 2.97. The van der Waals surface area contributed by atoms with Crippen molar-refractivity contribution < 1.29 is 9.53 Å². The van der Waals surface area contributed by atoms with E-state index in [4.69, 9.17) is 39.5 Å². The van der Waals surface area contributed by atoms with Crippen LogP contribution in [0.3, 0.4) is 0 Å². The smallest absolute Gasteiger partial charge is 0.364 e. The summed E-state index contributed by atoms with van der Waals surface area (Å²) in [5.41, 5.74) is -1.25. The van der Waals surface area contributed by atoms with Gasteiger partial charge in [0.25, 0.3) is 5.56 Å². The van der Waals surface area contributed by atoms with Gasteiger partial charge in [-0.25, -0.2) is 9.78 Å². The van der Waals surface area contributed by atoms with E-state index in [0.717, 1.165) is 0 Å². The monoisotopic (exact) mass is 320 g/mol. The number of carbonyl (C=O) groups is 1. The van der Waals surface area contributed by atoms with Crippen molar-refractivity contribution >= 4 is 51.8 Å². The van der Waals surface area contributed by atoms with Crippen molar-refractivity contribution in [1.82, 2.24) is 9.97 Å². The molecule has 1 aromatic heterocycles. The molecule has 0 aliphatic heterocycles. The summed E-state index contributed by atoms with van der Waals surface area (Å²) in [7, 11) is 0. The minimum absolute atomic E-state index is 0.263. The summed E-state index contributed by atoms with van der Waals surface area (Å²) in [6.07, 6.45) is 0. The maximum absolute atomic E-state index is 11.7. The molecule has 0 radical (unpaired) electrons. The first-order valence-corrected chi connectivity index (χ1v) is 6.32. The molecule has 0 aliphatic carbocycles. The summed E-state index contributed by atoms with van der Waals surface area (Å²) in [5, 5.41) is 0.537. The lowest BCUT2D eigenvalue weighted by atomic mass is 10.3. The van der Waals surface area contributed by atoms with Gasteiger partial charge in [-0.1, -0.05) is 34.8 Å². The number of nitrogens with one attached hydrogen (secondary N) is 1. The van der Waals surface area contributed by atoms with Crippen molar-refractivity contribution in [3.63, 3.8) is 0 Å². The Balaban J connectivity index is 2.58. The van der Waals surface area contributed by atoms with E-state index in [-0.39, 0.29) is 10.0 Å².